The quantitative estimate of drug-likeness (QED) is 0.720. The summed E-state index contributed by atoms with van der Waals surface area (Å²) in [6, 6.07) is 0.0231. The largest absolute Gasteiger partial charge is 0.352 e. The molecule has 2 fully saturated rings. The highest BCUT2D eigenvalue weighted by Crippen LogP contribution is 2.35. The van der Waals surface area contributed by atoms with Gasteiger partial charge in [0.1, 0.15) is 0 Å². The Hall–Kier alpha value is -1.59. The Morgan fingerprint density at radius 3 is 2.36 bits per heavy atom. The molecule has 2 aliphatic carbocycles. The van der Waals surface area contributed by atoms with E-state index in [1.807, 2.05) is 0 Å². The minimum atomic E-state index is -0.185. The molecule has 2 aliphatic rings. The fourth-order valence-corrected chi connectivity index (χ4v) is 2.86. The molecule has 2 saturated carbocycles. The molecule has 3 amide bonds. The van der Waals surface area contributed by atoms with Crippen LogP contribution in [0.1, 0.15) is 39.5 Å². The summed E-state index contributed by atoms with van der Waals surface area (Å²) in [4.78, 5) is 36.4. The van der Waals surface area contributed by atoms with E-state index < -0.39 is 0 Å². The van der Waals surface area contributed by atoms with Gasteiger partial charge in [-0.2, -0.15) is 0 Å². The van der Waals surface area contributed by atoms with E-state index in [-0.39, 0.29) is 36.2 Å². The first kappa shape index (κ1) is 16.8. The molecule has 0 saturated heterocycles. The average molecular weight is 309 g/mol. The van der Waals surface area contributed by atoms with Crippen LogP contribution in [0.5, 0.6) is 0 Å². The van der Waals surface area contributed by atoms with Crippen molar-refractivity contribution in [1.82, 2.24) is 15.5 Å². The summed E-state index contributed by atoms with van der Waals surface area (Å²) in [7, 11) is 1.60. The third kappa shape index (κ3) is 4.71. The van der Waals surface area contributed by atoms with Gasteiger partial charge in [0.05, 0.1) is 6.54 Å². The summed E-state index contributed by atoms with van der Waals surface area (Å²) in [6.07, 6.45) is 4.16. The summed E-state index contributed by atoms with van der Waals surface area (Å²) in [5.74, 6) is 1.08. The molecule has 1 atom stereocenters. The Balaban J connectivity index is 1.73. The second-order valence-corrected chi connectivity index (χ2v) is 6.91. The molecule has 0 spiro atoms. The molecule has 22 heavy (non-hydrogen) atoms. The normalized spacial score (nSPS) is 24.9. The number of nitrogens with zero attached hydrogens (tertiary/aromatic N) is 1. The zero-order valence-corrected chi connectivity index (χ0v) is 13.7. The Labute approximate surface area is 132 Å². The van der Waals surface area contributed by atoms with E-state index in [2.05, 4.69) is 17.6 Å². The Kier molecular flexibility index (Phi) is 5.42. The van der Waals surface area contributed by atoms with Gasteiger partial charge in [0, 0.05) is 32.5 Å². The standard InChI is InChI=1S/C16H27N3O3/c1-10-6-13(7-10)16(22)18-14(12-4-5-12)8-17-15(21)9-19(3)11(2)20/h10,12-14H,4-9H2,1-3H3,(H,17,21)(H,18,22). The van der Waals surface area contributed by atoms with Gasteiger partial charge in [-0.3, -0.25) is 14.4 Å². The van der Waals surface area contributed by atoms with Gasteiger partial charge in [0.25, 0.3) is 0 Å². The number of nitrogens with one attached hydrogen (secondary N) is 2. The van der Waals surface area contributed by atoms with Gasteiger partial charge >= 0.3 is 0 Å². The van der Waals surface area contributed by atoms with Crippen molar-refractivity contribution in [2.45, 2.75) is 45.6 Å². The molecule has 1 unspecified atom stereocenters. The van der Waals surface area contributed by atoms with Crippen LogP contribution in [-0.2, 0) is 14.4 Å². The number of likely N-dealkylation sites (N-methyl/N-ethyl adjacent to an activating group) is 1. The Morgan fingerprint density at radius 1 is 1.23 bits per heavy atom. The van der Waals surface area contributed by atoms with E-state index in [1.165, 1.54) is 11.8 Å². The average Bonchev–Trinajstić information content (AvgIpc) is 3.23. The molecule has 0 bridgehead atoms. The van der Waals surface area contributed by atoms with Crippen LogP contribution in [-0.4, -0.2) is 48.8 Å². The van der Waals surface area contributed by atoms with Crippen molar-refractivity contribution >= 4 is 17.7 Å². The van der Waals surface area contributed by atoms with E-state index in [0.717, 1.165) is 25.7 Å². The van der Waals surface area contributed by atoms with E-state index in [1.54, 1.807) is 7.05 Å². The molecule has 0 aromatic rings. The fourth-order valence-electron chi connectivity index (χ4n) is 2.86. The zero-order chi connectivity index (χ0) is 16.3. The second-order valence-electron chi connectivity index (χ2n) is 6.91. The lowest BCUT2D eigenvalue weighted by molar-refractivity contribution is -0.133. The highest BCUT2D eigenvalue weighted by molar-refractivity contribution is 5.83. The van der Waals surface area contributed by atoms with Crippen LogP contribution in [0.2, 0.25) is 0 Å². The van der Waals surface area contributed by atoms with Gasteiger partial charge in [0.2, 0.25) is 17.7 Å². The lowest BCUT2D eigenvalue weighted by Gasteiger charge is -2.33. The van der Waals surface area contributed by atoms with Crippen LogP contribution in [0, 0.1) is 17.8 Å². The maximum Gasteiger partial charge on any atom is 0.239 e. The van der Waals surface area contributed by atoms with Crippen molar-refractivity contribution in [3.05, 3.63) is 0 Å². The van der Waals surface area contributed by atoms with E-state index in [0.29, 0.717) is 18.4 Å². The number of amides is 3. The molecule has 124 valence electrons. The maximum absolute atomic E-state index is 12.1. The smallest absolute Gasteiger partial charge is 0.239 e. The van der Waals surface area contributed by atoms with E-state index >= 15 is 0 Å². The molecule has 0 radical (unpaired) electrons. The minimum Gasteiger partial charge on any atom is -0.352 e. The predicted octanol–water partition coefficient (Wildman–Crippen LogP) is 0.522. The lowest BCUT2D eigenvalue weighted by atomic mass is 9.75. The third-order valence-electron chi connectivity index (χ3n) is 4.70. The molecule has 0 aromatic carbocycles. The number of hydrogen-bond acceptors (Lipinski definition) is 3. The van der Waals surface area contributed by atoms with Crippen LogP contribution < -0.4 is 10.6 Å². The van der Waals surface area contributed by atoms with Crippen molar-refractivity contribution in [1.29, 1.82) is 0 Å². The fraction of sp³-hybridized carbons (Fsp3) is 0.812. The van der Waals surface area contributed by atoms with Crippen LogP contribution in [0.25, 0.3) is 0 Å². The molecule has 0 aromatic heterocycles. The number of rotatable bonds is 7. The predicted molar refractivity (Wildman–Crippen MR) is 82.9 cm³/mol. The van der Waals surface area contributed by atoms with Crippen LogP contribution >= 0.6 is 0 Å². The molecule has 6 nitrogen and oxygen atoms in total. The van der Waals surface area contributed by atoms with Gasteiger partial charge in [-0.25, -0.2) is 0 Å². The Morgan fingerprint density at radius 2 is 1.86 bits per heavy atom. The van der Waals surface area contributed by atoms with Crippen molar-refractivity contribution in [2.75, 3.05) is 20.1 Å². The van der Waals surface area contributed by atoms with E-state index in [4.69, 9.17) is 0 Å². The van der Waals surface area contributed by atoms with Crippen molar-refractivity contribution in [3.8, 4) is 0 Å². The topological polar surface area (TPSA) is 78.5 Å². The first-order chi connectivity index (χ1) is 10.4. The molecule has 2 N–H and O–H groups in total. The summed E-state index contributed by atoms with van der Waals surface area (Å²) in [6.45, 7) is 4.10. The molecule has 0 heterocycles. The highest BCUT2D eigenvalue weighted by Gasteiger charge is 2.36. The van der Waals surface area contributed by atoms with Crippen LogP contribution in [0.4, 0.5) is 0 Å². The summed E-state index contributed by atoms with van der Waals surface area (Å²) < 4.78 is 0. The number of carbonyl (C=O) groups excluding carboxylic acids is 3. The SMILES string of the molecule is CC(=O)N(C)CC(=O)NCC(NC(=O)C1CC(C)C1)C1CC1. The molecular weight excluding hydrogens is 282 g/mol. The minimum absolute atomic E-state index is 0.0231. The van der Waals surface area contributed by atoms with Crippen molar-refractivity contribution in [3.63, 3.8) is 0 Å². The molecular formula is C16H27N3O3. The van der Waals surface area contributed by atoms with Crippen LogP contribution in [0.15, 0.2) is 0 Å². The number of hydrogen-bond donors (Lipinski definition) is 2. The zero-order valence-electron chi connectivity index (χ0n) is 13.7. The van der Waals surface area contributed by atoms with Gasteiger partial charge < -0.3 is 15.5 Å². The number of carbonyl (C=O) groups is 3. The van der Waals surface area contributed by atoms with Crippen molar-refractivity contribution < 1.29 is 14.4 Å². The van der Waals surface area contributed by atoms with Crippen LogP contribution in [0.3, 0.4) is 0 Å². The monoisotopic (exact) mass is 309 g/mol. The maximum atomic E-state index is 12.1. The summed E-state index contributed by atoms with van der Waals surface area (Å²) >= 11 is 0. The lowest BCUT2D eigenvalue weighted by Crippen LogP contribution is -2.50. The Bertz CT molecular complexity index is 442. The molecule has 6 heteroatoms. The highest BCUT2D eigenvalue weighted by atomic mass is 16.2. The van der Waals surface area contributed by atoms with Gasteiger partial charge in [-0.15, -0.1) is 0 Å². The van der Waals surface area contributed by atoms with Gasteiger partial charge in [0.15, 0.2) is 0 Å². The molecule has 2 rings (SSSR count). The third-order valence-corrected chi connectivity index (χ3v) is 4.70. The first-order valence-corrected chi connectivity index (χ1v) is 8.15. The van der Waals surface area contributed by atoms with E-state index in [9.17, 15) is 14.4 Å². The second kappa shape index (κ2) is 7.11. The first-order valence-electron chi connectivity index (χ1n) is 8.15. The summed E-state index contributed by atoms with van der Waals surface area (Å²) in [5, 5.41) is 5.93. The van der Waals surface area contributed by atoms with Gasteiger partial charge in [-0.1, -0.05) is 6.92 Å². The van der Waals surface area contributed by atoms with Gasteiger partial charge in [-0.05, 0) is 37.5 Å². The van der Waals surface area contributed by atoms with Crippen molar-refractivity contribution in [2.24, 2.45) is 17.8 Å². The molecule has 0 aliphatic heterocycles. The summed E-state index contributed by atoms with van der Waals surface area (Å²) in [5.41, 5.74) is 0.